The summed E-state index contributed by atoms with van der Waals surface area (Å²) in [5.74, 6) is -0.985. The molecule has 1 aliphatic rings. The van der Waals surface area contributed by atoms with Crippen molar-refractivity contribution in [2.75, 3.05) is 0 Å². The Morgan fingerprint density at radius 3 is 1.91 bits per heavy atom. The van der Waals surface area contributed by atoms with Gasteiger partial charge in [-0.25, -0.2) is 13.6 Å². The summed E-state index contributed by atoms with van der Waals surface area (Å²) in [7, 11) is 0. The number of carbonyl (C=O) groups excluding carboxylic acids is 2. The Morgan fingerprint density at radius 2 is 1.46 bits per heavy atom. The molecule has 0 spiro atoms. The van der Waals surface area contributed by atoms with Gasteiger partial charge in [-0.1, -0.05) is 36.4 Å². The number of amides is 2. The number of furan rings is 1. The van der Waals surface area contributed by atoms with Gasteiger partial charge in [0.15, 0.2) is 0 Å². The Bertz CT molecular complexity index is 1430. The smallest absolute Gasteiger partial charge is 0.408 e. The van der Waals surface area contributed by atoms with Crippen molar-refractivity contribution in [3.63, 3.8) is 0 Å². The highest BCUT2D eigenvalue weighted by Crippen LogP contribution is 2.35. The van der Waals surface area contributed by atoms with E-state index < -0.39 is 23.2 Å². The van der Waals surface area contributed by atoms with E-state index in [9.17, 15) is 18.4 Å². The quantitative estimate of drug-likeness (QED) is 0.200. The van der Waals surface area contributed by atoms with Gasteiger partial charge in [0.1, 0.15) is 17.2 Å². The van der Waals surface area contributed by atoms with Gasteiger partial charge in [0.25, 0.3) is 0 Å². The molecule has 248 valence electrons. The lowest BCUT2D eigenvalue weighted by Crippen LogP contribution is -2.63. The lowest BCUT2D eigenvalue weighted by atomic mass is 9.73. The van der Waals surface area contributed by atoms with E-state index in [-0.39, 0.29) is 47.5 Å². The Balaban J connectivity index is 1.80. The Hall–Kier alpha value is -3.98. The highest BCUT2D eigenvalue weighted by molar-refractivity contribution is 5.86. The van der Waals surface area contributed by atoms with E-state index >= 15 is 0 Å². The molecule has 2 heterocycles. The van der Waals surface area contributed by atoms with Crippen LogP contribution in [0.4, 0.5) is 13.6 Å². The average molecular weight is 636 g/mol. The van der Waals surface area contributed by atoms with Crippen LogP contribution in [-0.4, -0.2) is 34.7 Å². The van der Waals surface area contributed by atoms with E-state index in [2.05, 4.69) is 43.6 Å². The zero-order chi connectivity index (χ0) is 33.8. The highest BCUT2D eigenvalue weighted by Gasteiger charge is 2.42. The molecule has 46 heavy (non-hydrogen) atoms. The minimum Gasteiger partial charge on any atom is -0.472 e. The van der Waals surface area contributed by atoms with E-state index in [1.165, 1.54) is 36.8 Å². The van der Waals surface area contributed by atoms with Crippen LogP contribution in [0.5, 0.6) is 0 Å². The van der Waals surface area contributed by atoms with Crippen LogP contribution < -0.4 is 16.0 Å². The minimum absolute atomic E-state index is 0.127. The van der Waals surface area contributed by atoms with Crippen molar-refractivity contribution in [1.29, 1.82) is 0 Å². The second-order valence-electron chi connectivity index (χ2n) is 14.8. The summed E-state index contributed by atoms with van der Waals surface area (Å²) >= 11 is 0. The number of carbonyl (C=O) groups is 2. The van der Waals surface area contributed by atoms with Gasteiger partial charge in [-0.05, 0) is 116 Å². The maximum absolute atomic E-state index is 14.7. The van der Waals surface area contributed by atoms with Crippen molar-refractivity contribution in [3.05, 3.63) is 108 Å². The molecule has 1 aromatic heterocycles. The van der Waals surface area contributed by atoms with Gasteiger partial charge in [-0.15, -0.1) is 0 Å². The predicted molar refractivity (Wildman–Crippen MR) is 175 cm³/mol. The molecule has 3 N–H and O–H groups in total. The third-order valence-corrected chi connectivity index (χ3v) is 8.03. The molecule has 2 aromatic carbocycles. The van der Waals surface area contributed by atoms with Crippen molar-refractivity contribution >= 4 is 12.0 Å². The first-order valence-electron chi connectivity index (χ1n) is 15.7. The molecule has 4 rings (SSSR count). The Labute approximate surface area is 271 Å². The molecule has 1 fully saturated rings. The summed E-state index contributed by atoms with van der Waals surface area (Å²) in [6, 6.07) is 13.1. The summed E-state index contributed by atoms with van der Waals surface area (Å²) in [5, 5.41) is 9.90. The summed E-state index contributed by atoms with van der Waals surface area (Å²) in [6.45, 7) is 13.8. The summed E-state index contributed by atoms with van der Waals surface area (Å²) in [6.07, 6.45) is 7.83. The largest absolute Gasteiger partial charge is 0.472 e. The van der Waals surface area contributed by atoms with Gasteiger partial charge in [0.2, 0.25) is 5.91 Å². The third-order valence-electron chi connectivity index (χ3n) is 8.03. The molecular weight excluding hydrogens is 588 g/mol. The summed E-state index contributed by atoms with van der Waals surface area (Å²) in [5.41, 5.74) is -0.219. The second-order valence-corrected chi connectivity index (χ2v) is 14.8. The highest BCUT2D eigenvalue weighted by atomic mass is 19.1. The third kappa shape index (κ3) is 10.0. The summed E-state index contributed by atoms with van der Waals surface area (Å²) in [4.78, 5) is 27.6. The number of halogens is 2. The van der Waals surface area contributed by atoms with Crippen LogP contribution in [-0.2, 0) is 22.4 Å². The molecule has 1 saturated heterocycles. The van der Waals surface area contributed by atoms with Crippen LogP contribution in [0.1, 0.15) is 84.0 Å². The zero-order valence-corrected chi connectivity index (χ0v) is 27.9. The number of piperidine rings is 1. The van der Waals surface area contributed by atoms with Crippen LogP contribution in [0.2, 0.25) is 0 Å². The van der Waals surface area contributed by atoms with Crippen molar-refractivity contribution < 1.29 is 27.5 Å². The van der Waals surface area contributed by atoms with E-state index in [0.29, 0.717) is 18.4 Å². The van der Waals surface area contributed by atoms with E-state index in [4.69, 9.17) is 9.15 Å². The zero-order valence-electron chi connectivity index (χ0n) is 27.9. The van der Waals surface area contributed by atoms with Crippen LogP contribution >= 0.6 is 0 Å². The molecule has 3 aromatic rings. The van der Waals surface area contributed by atoms with Gasteiger partial charge in [0, 0.05) is 22.7 Å². The molecular formula is C37H47F2N3O4. The molecule has 0 aliphatic carbocycles. The molecule has 7 nitrogen and oxygen atoms in total. The molecule has 0 radical (unpaired) electrons. The normalized spacial score (nSPS) is 17.4. The Kier molecular flexibility index (Phi) is 10.5. The maximum Gasteiger partial charge on any atom is 0.408 e. The molecule has 9 heteroatoms. The monoisotopic (exact) mass is 635 g/mol. The van der Waals surface area contributed by atoms with Crippen molar-refractivity contribution in [2.45, 2.75) is 103 Å². The van der Waals surface area contributed by atoms with Crippen molar-refractivity contribution in [1.82, 2.24) is 16.0 Å². The number of hydrogen-bond donors (Lipinski definition) is 3. The second kappa shape index (κ2) is 13.8. The van der Waals surface area contributed by atoms with Crippen molar-refractivity contribution in [2.24, 2.45) is 5.41 Å². The van der Waals surface area contributed by atoms with Crippen LogP contribution in [0.25, 0.3) is 0 Å². The lowest BCUT2D eigenvalue weighted by Gasteiger charge is -2.47. The Morgan fingerprint density at radius 1 is 0.935 bits per heavy atom. The van der Waals surface area contributed by atoms with Crippen LogP contribution in [0.15, 0.2) is 83.7 Å². The van der Waals surface area contributed by atoms with Gasteiger partial charge in [-0.2, -0.15) is 0 Å². The van der Waals surface area contributed by atoms with Gasteiger partial charge >= 0.3 is 6.09 Å². The van der Waals surface area contributed by atoms with Crippen molar-refractivity contribution in [3.8, 4) is 0 Å². The topological polar surface area (TPSA) is 92.6 Å². The van der Waals surface area contributed by atoms with E-state index in [0.717, 1.165) is 11.1 Å². The first kappa shape index (κ1) is 34.9. The van der Waals surface area contributed by atoms with Gasteiger partial charge in [0.05, 0.1) is 24.0 Å². The molecule has 2 amide bonds. The molecule has 1 atom stereocenters. The van der Waals surface area contributed by atoms with E-state index in [1.807, 2.05) is 0 Å². The predicted octanol–water partition coefficient (Wildman–Crippen LogP) is 7.58. The average Bonchev–Trinajstić information content (AvgIpc) is 3.45. The van der Waals surface area contributed by atoms with Gasteiger partial charge < -0.3 is 25.1 Å². The fraction of sp³-hybridized carbons (Fsp3) is 0.459. The van der Waals surface area contributed by atoms with Crippen LogP contribution in [0, 0.1) is 17.0 Å². The first-order valence-corrected chi connectivity index (χ1v) is 15.7. The first-order chi connectivity index (χ1) is 21.4. The minimum atomic E-state index is -1.22. The SMILES string of the molecule is CC1(C)CC(NC(=O)C(/C=C/[C@@H](NC(=O)OC(C)(C)C)c2ccoc2)(Cc2ccc(F)cc2)Cc2ccc(F)cc2)CC(C)(C)N1. The summed E-state index contributed by atoms with van der Waals surface area (Å²) < 4.78 is 38.8. The number of rotatable bonds is 10. The number of benzene rings is 2. The standard InChI is InChI=1S/C37H47F2N3O4/c1-34(2,3)46-33(44)41-31(27-17-19-45-24-27)16-18-37(20-25-8-12-28(38)13-9-25,21-26-10-14-29(39)15-11-26)32(43)40-30-22-35(4,5)42-36(6,7)23-30/h8-19,24,30-31,42H,20-23H2,1-7H3,(H,40,43)(H,41,44)/b18-16+/t31-/m1/s1. The fourth-order valence-corrected chi connectivity index (χ4v) is 6.51. The number of nitrogens with one attached hydrogen (secondary N) is 3. The maximum atomic E-state index is 14.7. The van der Waals surface area contributed by atoms with E-state index in [1.54, 1.807) is 63.3 Å². The molecule has 0 saturated carbocycles. The molecule has 0 bridgehead atoms. The number of alkyl carbamates (subject to hydrolysis) is 1. The molecule has 0 unspecified atom stereocenters. The van der Waals surface area contributed by atoms with Gasteiger partial charge in [-0.3, -0.25) is 4.79 Å². The number of ether oxygens (including phenoxy) is 1. The van der Waals surface area contributed by atoms with Crippen LogP contribution in [0.3, 0.4) is 0 Å². The number of hydrogen-bond acceptors (Lipinski definition) is 5. The molecule has 1 aliphatic heterocycles. The lowest BCUT2D eigenvalue weighted by molar-refractivity contribution is -0.130. The fourth-order valence-electron chi connectivity index (χ4n) is 6.51.